The van der Waals surface area contributed by atoms with Crippen LogP contribution in [0.1, 0.15) is 6.92 Å². The minimum Gasteiger partial charge on any atom is -0.289 e. The summed E-state index contributed by atoms with van der Waals surface area (Å²) in [7, 11) is 0. The van der Waals surface area contributed by atoms with Gasteiger partial charge in [-0.1, -0.05) is 12.8 Å². The van der Waals surface area contributed by atoms with Crippen molar-refractivity contribution in [2.45, 2.75) is 6.92 Å². The number of terminal acetylenes is 1. The van der Waals surface area contributed by atoms with Crippen LogP contribution < -0.4 is 5.48 Å². The second kappa shape index (κ2) is 5.48. The Hall–Kier alpha value is -0.520. The minimum atomic E-state index is 0.341. The Balaban J connectivity index is 2.60. The highest BCUT2D eigenvalue weighted by Crippen LogP contribution is 1.59. The van der Waals surface area contributed by atoms with Crippen LogP contribution in [0.3, 0.4) is 0 Å². The topological polar surface area (TPSA) is 21.3 Å². The van der Waals surface area contributed by atoms with Crippen molar-refractivity contribution in [3.05, 3.63) is 0 Å². The van der Waals surface area contributed by atoms with Gasteiger partial charge in [-0.3, -0.25) is 4.84 Å². The van der Waals surface area contributed by atoms with Crippen molar-refractivity contribution in [1.82, 2.24) is 5.48 Å². The number of hydroxylamine groups is 1. The van der Waals surface area contributed by atoms with Gasteiger partial charge in [0, 0.05) is 6.54 Å². The third kappa shape index (κ3) is 5.48. The zero-order chi connectivity index (χ0) is 5.54. The van der Waals surface area contributed by atoms with Gasteiger partial charge in [-0.2, -0.15) is 0 Å². The Morgan fingerprint density at radius 1 is 1.86 bits per heavy atom. The van der Waals surface area contributed by atoms with Crippen LogP contribution in [0.2, 0.25) is 0 Å². The molecule has 1 N–H and O–H groups in total. The van der Waals surface area contributed by atoms with E-state index >= 15 is 0 Å². The predicted molar refractivity (Wildman–Crippen MR) is 28.5 cm³/mol. The number of hydrogen-bond donors (Lipinski definition) is 1. The smallest absolute Gasteiger partial charge is 0.128 e. The summed E-state index contributed by atoms with van der Waals surface area (Å²) in [5.74, 6) is 2.32. The third-order valence-corrected chi connectivity index (χ3v) is 0.402. The highest BCUT2D eigenvalue weighted by atomic mass is 16.6. The molecule has 0 aromatic carbocycles. The van der Waals surface area contributed by atoms with Gasteiger partial charge in [0.25, 0.3) is 0 Å². The summed E-state index contributed by atoms with van der Waals surface area (Å²) in [4.78, 5) is 4.65. The lowest BCUT2D eigenvalue weighted by molar-refractivity contribution is 0.0703. The van der Waals surface area contributed by atoms with Crippen LogP contribution in [0.15, 0.2) is 0 Å². The van der Waals surface area contributed by atoms with Crippen LogP contribution >= 0.6 is 0 Å². The summed E-state index contributed by atoms with van der Waals surface area (Å²) >= 11 is 0. The SMILES string of the molecule is C#CCONCC. The fourth-order valence-corrected chi connectivity index (χ4v) is 0.195. The molecule has 0 aromatic heterocycles. The van der Waals surface area contributed by atoms with Crippen molar-refractivity contribution in [3.63, 3.8) is 0 Å². The van der Waals surface area contributed by atoms with Crippen LogP contribution in [-0.4, -0.2) is 13.2 Å². The van der Waals surface area contributed by atoms with E-state index in [2.05, 4.69) is 16.2 Å². The molecule has 0 rings (SSSR count). The Kier molecular flexibility index (Phi) is 5.07. The van der Waals surface area contributed by atoms with Crippen molar-refractivity contribution < 1.29 is 4.84 Å². The average molecular weight is 99.1 g/mol. The summed E-state index contributed by atoms with van der Waals surface area (Å²) in [6, 6.07) is 0. The molecule has 0 unspecified atom stereocenters. The molecule has 0 aliphatic rings. The molecule has 7 heavy (non-hydrogen) atoms. The molecular formula is C5H9NO. The summed E-state index contributed by atoms with van der Waals surface area (Å²) in [6.07, 6.45) is 4.85. The molecule has 2 nitrogen and oxygen atoms in total. The molecule has 0 saturated heterocycles. The zero-order valence-corrected chi connectivity index (χ0v) is 4.40. The first kappa shape index (κ1) is 6.48. The summed E-state index contributed by atoms with van der Waals surface area (Å²) in [6.45, 7) is 3.08. The first-order chi connectivity index (χ1) is 3.41. The molecule has 0 aromatic rings. The van der Waals surface area contributed by atoms with E-state index in [0.717, 1.165) is 6.54 Å². The van der Waals surface area contributed by atoms with Crippen molar-refractivity contribution in [3.8, 4) is 12.3 Å². The fraction of sp³-hybridized carbons (Fsp3) is 0.600. The van der Waals surface area contributed by atoms with Gasteiger partial charge in [0.05, 0.1) is 0 Å². The molecular weight excluding hydrogens is 90.1 g/mol. The maximum absolute atomic E-state index is 4.85. The van der Waals surface area contributed by atoms with Crippen LogP contribution in [-0.2, 0) is 4.84 Å². The Morgan fingerprint density at radius 2 is 2.57 bits per heavy atom. The molecule has 0 aliphatic carbocycles. The highest BCUT2D eigenvalue weighted by Gasteiger charge is 1.72. The summed E-state index contributed by atoms with van der Waals surface area (Å²) in [5, 5.41) is 0. The molecule has 0 amide bonds. The van der Waals surface area contributed by atoms with Crippen molar-refractivity contribution >= 4 is 0 Å². The fourth-order valence-electron chi connectivity index (χ4n) is 0.195. The second-order valence-electron chi connectivity index (χ2n) is 0.991. The van der Waals surface area contributed by atoms with Crippen molar-refractivity contribution in [1.29, 1.82) is 0 Å². The van der Waals surface area contributed by atoms with Gasteiger partial charge in [-0.25, -0.2) is 5.48 Å². The van der Waals surface area contributed by atoms with E-state index in [9.17, 15) is 0 Å². The zero-order valence-electron chi connectivity index (χ0n) is 4.40. The maximum atomic E-state index is 4.85. The van der Waals surface area contributed by atoms with Gasteiger partial charge in [0.1, 0.15) is 6.61 Å². The number of nitrogens with one attached hydrogen (secondary N) is 1. The quantitative estimate of drug-likeness (QED) is 0.309. The van der Waals surface area contributed by atoms with Gasteiger partial charge in [0.15, 0.2) is 0 Å². The third-order valence-electron chi connectivity index (χ3n) is 0.402. The van der Waals surface area contributed by atoms with Gasteiger partial charge in [-0.05, 0) is 0 Å². The van der Waals surface area contributed by atoms with E-state index in [-0.39, 0.29) is 0 Å². The molecule has 0 bridgehead atoms. The van der Waals surface area contributed by atoms with Crippen molar-refractivity contribution in [2.75, 3.05) is 13.2 Å². The Morgan fingerprint density at radius 3 is 3.00 bits per heavy atom. The van der Waals surface area contributed by atoms with Gasteiger partial charge < -0.3 is 0 Å². The first-order valence-corrected chi connectivity index (χ1v) is 2.20. The van der Waals surface area contributed by atoms with Crippen molar-refractivity contribution in [2.24, 2.45) is 0 Å². The molecule has 40 valence electrons. The van der Waals surface area contributed by atoms with E-state index < -0.39 is 0 Å². The van der Waals surface area contributed by atoms with Crippen LogP contribution in [0.25, 0.3) is 0 Å². The standard InChI is InChI=1S/C5H9NO/c1-3-5-7-6-4-2/h1,6H,4-5H2,2H3. The first-order valence-electron chi connectivity index (χ1n) is 2.20. The van der Waals surface area contributed by atoms with E-state index in [1.807, 2.05) is 6.92 Å². The molecule has 0 radical (unpaired) electrons. The molecule has 0 saturated carbocycles. The summed E-state index contributed by atoms with van der Waals surface area (Å²) in [5.41, 5.74) is 2.61. The lowest BCUT2D eigenvalue weighted by Gasteiger charge is -1.94. The summed E-state index contributed by atoms with van der Waals surface area (Å²) < 4.78 is 0. The maximum Gasteiger partial charge on any atom is 0.128 e. The lowest BCUT2D eigenvalue weighted by atomic mass is 10.8. The number of hydrogen-bond acceptors (Lipinski definition) is 2. The highest BCUT2D eigenvalue weighted by molar-refractivity contribution is 4.82. The van der Waals surface area contributed by atoms with Crippen LogP contribution in [0.4, 0.5) is 0 Å². The largest absolute Gasteiger partial charge is 0.289 e. The van der Waals surface area contributed by atoms with Crippen LogP contribution in [0, 0.1) is 12.3 Å². The van der Waals surface area contributed by atoms with Gasteiger partial charge >= 0.3 is 0 Å². The lowest BCUT2D eigenvalue weighted by Crippen LogP contribution is -2.12. The monoisotopic (exact) mass is 99.1 g/mol. The van der Waals surface area contributed by atoms with E-state index in [0.29, 0.717) is 6.61 Å². The second-order valence-corrected chi connectivity index (χ2v) is 0.991. The van der Waals surface area contributed by atoms with Crippen LogP contribution in [0.5, 0.6) is 0 Å². The normalized spacial score (nSPS) is 8.00. The predicted octanol–water partition coefficient (Wildman–Crippen LogP) is 0.161. The molecule has 0 fully saturated rings. The molecule has 0 atom stereocenters. The molecule has 2 heteroatoms. The van der Waals surface area contributed by atoms with Gasteiger partial charge in [-0.15, -0.1) is 6.42 Å². The Bertz CT molecular complexity index is 65.0. The number of rotatable bonds is 3. The van der Waals surface area contributed by atoms with E-state index in [4.69, 9.17) is 6.42 Å². The van der Waals surface area contributed by atoms with Gasteiger partial charge in [0.2, 0.25) is 0 Å². The van der Waals surface area contributed by atoms with E-state index in [1.165, 1.54) is 0 Å². The average Bonchev–Trinajstić information content (AvgIpc) is 1.69. The van der Waals surface area contributed by atoms with E-state index in [1.54, 1.807) is 0 Å². The Labute approximate surface area is 43.8 Å². The minimum absolute atomic E-state index is 0.341. The molecule has 0 aliphatic heterocycles. The molecule has 0 heterocycles. The molecule has 0 spiro atoms.